The number of ether oxygens (including phenoxy) is 1. The summed E-state index contributed by atoms with van der Waals surface area (Å²) >= 11 is 0. The lowest BCUT2D eigenvalue weighted by Crippen LogP contribution is -1.95. The van der Waals surface area contributed by atoms with Gasteiger partial charge in [-0.25, -0.2) is 9.97 Å². The molecule has 0 amide bonds. The molecule has 0 saturated carbocycles. The van der Waals surface area contributed by atoms with Gasteiger partial charge in [-0.1, -0.05) is 0 Å². The molecule has 0 aliphatic heterocycles. The number of aromatic nitrogens is 3. The van der Waals surface area contributed by atoms with Gasteiger partial charge in [-0.15, -0.1) is 0 Å². The molecule has 0 atom stereocenters. The van der Waals surface area contributed by atoms with Crippen molar-refractivity contribution in [1.82, 2.24) is 14.5 Å². The molecule has 102 valence electrons. The van der Waals surface area contributed by atoms with E-state index in [1.165, 1.54) is 6.33 Å². The fraction of sp³-hybridized carbons (Fsp3) is 0.200. The molecule has 1 aromatic carbocycles. The van der Waals surface area contributed by atoms with Gasteiger partial charge in [0, 0.05) is 35.8 Å². The lowest BCUT2D eigenvalue weighted by molar-refractivity contribution is 0.275. The zero-order valence-electron chi connectivity index (χ0n) is 11.4. The molecule has 3 aromatic rings. The molecule has 0 spiro atoms. The van der Waals surface area contributed by atoms with Crippen LogP contribution >= 0.6 is 0 Å². The molecule has 1 N–H and O–H groups in total. The molecule has 5 heteroatoms. The van der Waals surface area contributed by atoms with Crippen molar-refractivity contribution >= 4 is 10.9 Å². The highest BCUT2D eigenvalue weighted by Crippen LogP contribution is 2.30. The summed E-state index contributed by atoms with van der Waals surface area (Å²) in [5, 5.41) is 10.2. The van der Waals surface area contributed by atoms with Crippen LogP contribution in [-0.4, -0.2) is 19.6 Å². The molecule has 0 saturated heterocycles. The molecule has 0 bridgehead atoms. The monoisotopic (exact) mass is 269 g/mol. The molecule has 0 unspecified atom stereocenters. The predicted molar refractivity (Wildman–Crippen MR) is 75.7 cm³/mol. The summed E-state index contributed by atoms with van der Waals surface area (Å²) in [6.07, 6.45) is 3.41. The standard InChI is InChI=1S/C15H15N3O2/c1-10-12-5-6-18(2)13(12)3-4-14(10)20-15-7-11(8-19)16-9-17-15/h3-7,9,19H,8H2,1-2H3. The van der Waals surface area contributed by atoms with Crippen LogP contribution in [0.5, 0.6) is 11.6 Å². The molecule has 5 nitrogen and oxygen atoms in total. The highest BCUT2D eigenvalue weighted by molar-refractivity contribution is 5.85. The van der Waals surface area contributed by atoms with Crippen LogP contribution < -0.4 is 4.74 Å². The Labute approximate surface area is 116 Å². The van der Waals surface area contributed by atoms with Crippen molar-refractivity contribution in [3.63, 3.8) is 0 Å². The second-order valence-corrected chi connectivity index (χ2v) is 4.66. The minimum atomic E-state index is -0.129. The Balaban J connectivity index is 2.00. The second-order valence-electron chi connectivity index (χ2n) is 4.66. The average molecular weight is 269 g/mol. The molecule has 0 fully saturated rings. The van der Waals surface area contributed by atoms with Gasteiger partial charge >= 0.3 is 0 Å². The van der Waals surface area contributed by atoms with Crippen LogP contribution in [0.3, 0.4) is 0 Å². The lowest BCUT2D eigenvalue weighted by atomic mass is 10.1. The summed E-state index contributed by atoms with van der Waals surface area (Å²) in [4.78, 5) is 7.99. The van der Waals surface area contributed by atoms with Gasteiger partial charge in [0.1, 0.15) is 12.1 Å². The molecule has 2 heterocycles. The quantitative estimate of drug-likeness (QED) is 0.793. The second kappa shape index (κ2) is 4.94. The maximum atomic E-state index is 9.08. The van der Waals surface area contributed by atoms with Gasteiger partial charge < -0.3 is 14.4 Å². The van der Waals surface area contributed by atoms with Gasteiger partial charge in [0.15, 0.2) is 0 Å². The zero-order valence-corrected chi connectivity index (χ0v) is 11.4. The minimum absolute atomic E-state index is 0.129. The number of hydrogen-bond donors (Lipinski definition) is 1. The van der Waals surface area contributed by atoms with Gasteiger partial charge in [0.2, 0.25) is 5.88 Å². The van der Waals surface area contributed by atoms with Crippen LogP contribution in [0.25, 0.3) is 10.9 Å². The number of fused-ring (bicyclic) bond motifs is 1. The number of benzene rings is 1. The maximum absolute atomic E-state index is 9.08. The van der Waals surface area contributed by atoms with Gasteiger partial charge in [-0.2, -0.15) is 0 Å². The van der Waals surface area contributed by atoms with E-state index in [0.717, 1.165) is 22.2 Å². The van der Waals surface area contributed by atoms with E-state index in [2.05, 4.69) is 20.6 Å². The van der Waals surface area contributed by atoms with Crippen molar-refractivity contribution in [2.24, 2.45) is 7.05 Å². The van der Waals surface area contributed by atoms with E-state index in [0.29, 0.717) is 11.6 Å². The van der Waals surface area contributed by atoms with Crippen LogP contribution in [0.15, 0.2) is 36.8 Å². The third kappa shape index (κ3) is 2.12. The maximum Gasteiger partial charge on any atom is 0.222 e. The summed E-state index contributed by atoms with van der Waals surface area (Å²) in [5.74, 6) is 1.19. The normalized spacial score (nSPS) is 10.9. The summed E-state index contributed by atoms with van der Waals surface area (Å²) in [6.45, 7) is 1.89. The lowest BCUT2D eigenvalue weighted by Gasteiger charge is -2.09. The van der Waals surface area contributed by atoms with Crippen LogP contribution in [0, 0.1) is 6.92 Å². The van der Waals surface area contributed by atoms with Crippen molar-refractivity contribution in [2.75, 3.05) is 0 Å². The largest absolute Gasteiger partial charge is 0.439 e. The van der Waals surface area contributed by atoms with Crippen molar-refractivity contribution in [1.29, 1.82) is 0 Å². The average Bonchev–Trinajstić information content (AvgIpc) is 2.84. The first-order valence-corrected chi connectivity index (χ1v) is 6.33. The smallest absolute Gasteiger partial charge is 0.222 e. The summed E-state index contributed by atoms with van der Waals surface area (Å²) < 4.78 is 7.87. The van der Waals surface area contributed by atoms with Crippen LogP contribution in [0.1, 0.15) is 11.3 Å². The zero-order chi connectivity index (χ0) is 14.1. The fourth-order valence-corrected chi connectivity index (χ4v) is 2.22. The number of aliphatic hydroxyl groups excluding tert-OH is 1. The Hall–Kier alpha value is -2.40. The van der Waals surface area contributed by atoms with Gasteiger partial charge in [-0.05, 0) is 25.1 Å². The first-order chi connectivity index (χ1) is 9.69. The van der Waals surface area contributed by atoms with Gasteiger partial charge in [-0.3, -0.25) is 0 Å². The Bertz CT molecular complexity index is 765. The van der Waals surface area contributed by atoms with Crippen LogP contribution in [0.2, 0.25) is 0 Å². The highest BCUT2D eigenvalue weighted by atomic mass is 16.5. The summed E-state index contributed by atoms with van der Waals surface area (Å²) in [7, 11) is 2.01. The van der Waals surface area contributed by atoms with E-state index < -0.39 is 0 Å². The molecular weight excluding hydrogens is 254 g/mol. The molecule has 2 aromatic heterocycles. The van der Waals surface area contributed by atoms with E-state index >= 15 is 0 Å². The summed E-state index contributed by atoms with van der Waals surface area (Å²) in [5.41, 5.74) is 2.76. The first kappa shape index (κ1) is 12.6. The molecule has 0 aliphatic rings. The Kier molecular flexibility index (Phi) is 3.12. The Morgan fingerprint density at radius 2 is 2.10 bits per heavy atom. The van der Waals surface area contributed by atoms with Crippen molar-refractivity contribution in [3.05, 3.63) is 48.0 Å². The number of hydrogen-bond acceptors (Lipinski definition) is 4. The van der Waals surface area contributed by atoms with Crippen molar-refractivity contribution in [3.8, 4) is 11.6 Å². The topological polar surface area (TPSA) is 60.2 Å². The highest BCUT2D eigenvalue weighted by Gasteiger charge is 2.09. The third-order valence-electron chi connectivity index (χ3n) is 3.36. The summed E-state index contributed by atoms with van der Waals surface area (Å²) in [6, 6.07) is 7.65. The van der Waals surface area contributed by atoms with Crippen molar-refractivity contribution < 1.29 is 9.84 Å². The van der Waals surface area contributed by atoms with Crippen molar-refractivity contribution in [2.45, 2.75) is 13.5 Å². The molecule has 0 radical (unpaired) electrons. The van der Waals surface area contributed by atoms with E-state index in [4.69, 9.17) is 9.84 Å². The molecular formula is C15H15N3O2. The number of rotatable bonds is 3. The Morgan fingerprint density at radius 1 is 1.25 bits per heavy atom. The SMILES string of the molecule is Cc1c(Oc2cc(CO)ncn2)ccc2c1ccn2C. The van der Waals surface area contributed by atoms with E-state index in [-0.39, 0.29) is 6.61 Å². The fourth-order valence-electron chi connectivity index (χ4n) is 2.22. The van der Waals surface area contributed by atoms with Gasteiger partial charge in [0.25, 0.3) is 0 Å². The predicted octanol–water partition coefficient (Wildman–Crippen LogP) is 2.56. The number of aliphatic hydroxyl groups is 1. The van der Waals surface area contributed by atoms with E-state index in [9.17, 15) is 0 Å². The minimum Gasteiger partial charge on any atom is -0.439 e. The number of nitrogens with zero attached hydrogens (tertiary/aromatic N) is 3. The Morgan fingerprint density at radius 3 is 2.90 bits per heavy atom. The van der Waals surface area contributed by atoms with E-state index in [1.54, 1.807) is 6.07 Å². The van der Waals surface area contributed by atoms with Gasteiger partial charge in [0.05, 0.1) is 12.3 Å². The first-order valence-electron chi connectivity index (χ1n) is 6.33. The molecule has 0 aliphatic carbocycles. The van der Waals surface area contributed by atoms with E-state index in [1.807, 2.05) is 32.3 Å². The molecule has 20 heavy (non-hydrogen) atoms. The third-order valence-corrected chi connectivity index (χ3v) is 3.36. The van der Waals surface area contributed by atoms with Crippen LogP contribution in [-0.2, 0) is 13.7 Å². The number of aryl methyl sites for hydroxylation is 2. The van der Waals surface area contributed by atoms with Crippen LogP contribution in [0.4, 0.5) is 0 Å². The molecule has 3 rings (SSSR count).